The molecule has 0 aliphatic carbocycles. The normalized spacial score (nSPS) is 19.1. The number of fused-ring (bicyclic) bond motifs is 1. The van der Waals surface area contributed by atoms with Crippen LogP contribution < -0.4 is 14.8 Å². The maximum absolute atomic E-state index is 12.9. The van der Waals surface area contributed by atoms with Crippen molar-refractivity contribution in [1.29, 1.82) is 0 Å². The summed E-state index contributed by atoms with van der Waals surface area (Å²) in [6.07, 6.45) is 6.54. The second kappa shape index (κ2) is 10.5. The highest BCUT2D eigenvalue weighted by Gasteiger charge is 2.27. The summed E-state index contributed by atoms with van der Waals surface area (Å²) >= 11 is 0. The molecule has 166 valence electrons. The highest BCUT2D eigenvalue weighted by atomic mass is 16.6. The summed E-state index contributed by atoms with van der Waals surface area (Å²) in [7, 11) is 0. The van der Waals surface area contributed by atoms with E-state index in [0.717, 1.165) is 50.4 Å². The van der Waals surface area contributed by atoms with Gasteiger partial charge < -0.3 is 24.6 Å². The first kappa shape index (κ1) is 21.4. The Balaban J connectivity index is 1.20. The van der Waals surface area contributed by atoms with Crippen LogP contribution in [0.15, 0.2) is 48.8 Å². The molecule has 2 aliphatic heterocycles. The largest absolute Gasteiger partial charge is 0.486 e. The van der Waals surface area contributed by atoms with Gasteiger partial charge in [-0.15, -0.1) is 0 Å². The molecule has 1 fully saturated rings. The third kappa shape index (κ3) is 5.88. The number of para-hydroxylation sites is 2. The fourth-order valence-corrected chi connectivity index (χ4v) is 4.16. The lowest BCUT2D eigenvalue weighted by Crippen LogP contribution is -2.52. The highest BCUT2D eigenvalue weighted by Crippen LogP contribution is 2.31. The van der Waals surface area contributed by atoms with E-state index in [0.29, 0.717) is 19.7 Å². The summed E-state index contributed by atoms with van der Waals surface area (Å²) in [5.74, 6) is 1.51. The van der Waals surface area contributed by atoms with Crippen LogP contribution in [0.4, 0.5) is 4.79 Å². The molecule has 7 heteroatoms. The molecule has 0 radical (unpaired) electrons. The zero-order chi connectivity index (χ0) is 21.5. The van der Waals surface area contributed by atoms with Gasteiger partial charge in [-0.3, -0.25) is 4.98 Å². The van der Waals surface area contributed by atoms with Gasteiger partial charge in [-0.05, 0) is 56.0 Å². The maximum Gasteiger partial charge on any atom is 0.317 e. The Labute approximate surface area is 184 Å². The first-order chi connectivity index (χ1) is 15.2. The van der Waals surface area contributed by atoms with Crippen molar-refractivity contribution >= 4 is 6.03 Å². The molecule has 0 spiro atoms. The van der Waals surface area contributed by atoms with Crippen LogP contribution in [0, 0.1) is 0 Å². The van der Waals surface area contributed by atoms with Gasteiger partial charge in [-0.25, -0.2) is 4.79 Å². The summed E-state index contributed by atoms with van der Waals surface area (Å²) in [6, 6.07) is 12.0. The van der Waals surface area contributed by atoms with Gasteiger partial charge in [-0.1, -0.05) is 12.1 Å². The predicted molar refractivity (Wildman–Crippen MR) is 120 cm³/mol. The summed E-state index contributed by atoms with van der Waals surface area (Å²) in [6.45, 7) is 6.68. The monoisotopic (exact) mass is 424 g/mol. The lowest BCUT2D eigenvalue weighted by Gasteiger charge is -2.35. The van der Waals surface area contributed by atoms with Crippen molar-refractivity contribution in [2.24, 2.45) is 0 Å². The van der Waals surface area contributed by atoms with Crippen molar-refractivity contribution in [3.63, 3.8) is 0 Å². The van der Waals surface area contributed by atoms with Gasteiger partial charge in [0.05, 0.1) is 6.54 Å². The van der Waals surface area contributed by atoms with E-state index >= 15 is 0 Å². The van der Waals surface area contributed by atoms with Gasteiger partial charge in [0.1, 0.15) is 6.61 Å². The van der Waals surface area contributed by atoms with Crippen LogP contribution >= 0.6 is 0 Å². The number of likely N-dealkylation sites (N-methyl/N-ethyl adjacent to an activating group) is 1. The van der Waals surface area contributed by atoms with E-state index in [-0.39, 0.29) is 18.2 Å². The van der Waals surface area contributed by atoms with Crippen LogP contribution in [0.5, 0.6) is 11.5 Å². The Morgan fingerprint density at radius 1 is 1.16 bits per heavy atom. The Bertz CT molecular complexity index is 840. The number of urea groups is 1. The Morgan fingerprint density at radius 3 is 2.65 bits per heavy atom. The quantitative estimate of drug-likeness (QED) is 0.740. The average Bonchev–Trinajstić information content (AvgIpc) is 2.82. The molecule has 2 aromatic rings. The number of nitrogens with zero attached hydrogens (tertiary/aromatic N) is 3. The third-order valence-corrected chi connectivity index (χ3v) is 6.04. The van der Waals surface area contributed by atoms with Gasteiger partial charge in [0.2, 0.25) is 0 Å². The maximum atomic E-state index is 12.9. The molecule has 1 atom stereocenters. The number of hydrogen-bond acceptors (Lipinski definition) is 5. The molecule has 1 aromatic carbocycles. The van der Waals surface area contributed by atoms with Crippen LogP contribution in [0.1, 0.15) is 25.3 Å². The molecule has 4 rings (SSSR count). The average molecular weight is 425 g/mol. The standard InChI is InChI=1S/C24H32N4O3/c1-2-28(17-21-18-30-22-5-3-4-6-23(22)31-21)24(29)26-20-10-15-27(16-11-20)14-9-19-7-12-25-13-8-19/h3-8,12-13,20-21H,2,9-11,14-18H2,1H3,(H,26,29). The molecule has 0 saturated carbocycles. The number of piperidine rings is 1. The van der Waals surface area contributed by atoms with E-state index in [1.807, 2.05) is 48.5 Å². The van der Waals surface area contributed by atoms with Crippen molar-refractivity contribution in [3.05, 3.63) is 54.4 Å². The van der Waals surface area contributed by atoms with Crippen LogP contribution in [-0.2, 0) is 6.42 Å². The van der Waals surface area contributed by atoms with Crippen LogP contribution in [0.25, 0.3) is 0 Å². The number of hydrogen-bond donors (Lipinski definition) is 1. The molecule has 7 nitrogen and oxygen atoms in total. The smallest absolute Gasteiger partial charge is 0.317 e. The Kier molecular flexibility index (Phi) is 7.25. The molecule has 2 aliphatic rings. The first-order valence-electron chi connectivity index (χ1n) is 11.3. The van der Waals surface area contributed by atoms with Crippen LogP contribution in [0.2, 0.25) is 0 Å². The number of rotatable bonds is 7. The number of carbonyl (C=O) groups excluding carboxylic acids is 1. The Morgan fingerprint density at radius 2 is 1.90 bits per heavy atom. The number of amides is 2. The molecule has 1 unspecified atom stereocenters. The predicted octanol–water partition coefficient (Wildman–Crippen LogP) is 2.96. The van der Waals surface area contributed by atoms with E-state index in [2.05, 4.69) is 27.3 Å². The lowest BCUT2D eigenvalue weighted by atomic mass is 10.0. The van der Waals surface area contributed by atoms with Crippen LogP contribution in [-0.4, -0.2) is 72.3 Å². The van der Waals surface area contributed by atoms with Gasteiger partial charge in [0.15, 0.2) is 17.6 Å². The molecule has 0 bridgehead atoms. The SMILES string of the molecule is CCN(CC1COc2ccccc2O1)C(=O)NC1CCN(CCc2ccncc2)CC1. The molecule has 1 N–H and O–H groups in total. The van der Waals surface area contributed by atoms with Crippen molar-refractivity contribution in [1.82, 2.24) is 20.1 Å². The summed E-state index contributed by atoms with van der Waals surface area (Å²) < 4.78 is 11.8. The molecule has 3 heterocycles. The minimum absolute atomic E-state index is 0.0137. The number of ether oxygens (including phenoxy) is 2. The van der Waals surface area contributed by atoms with Crippen molar-refractivity contribution < 1.29 is 14.3 Å². The second-order valence-corrected chi connectivity index (χ2v) is 8.21. The molecule has 1 aromatic heterocycles. The second-order valence-electron chi connectivity index (χ2n) is 8.21. The number of benzene rings is 1. The first-order valence-corrected chi connectivity index (χ1v) is 11.3. The molecular formula is C24H32N4O3. The van der Waals surface area contributed by atoms with E-state index in [4.69, 9.17) is 9.47 Å². The molecular weight excluding hydrogens is 392 g/mol. The van der Waals surface area contributed by atoms with E-state index in [1.54, 1.807) is 0 Å². The molecule has 31 heavy (non-hydrogen) atoms. The lowest BCUT2D eigenvalue weighted by molar-refractivity contribution is 0.0666. The van der Waals surface area contributed by atoms with E-state index < -0.39 is 0 Å². The highest BCUT2D eigenvalue weighted by molar-refractivity contribution is 5.74. The van der Waals surface area contributed by atoms with Crippen molar-refractivity contribution in [2.75, 3.05) is 39.3 Å². The van der Waals surface area contributed by atoms with Gasteiger partial charge >= 0.3 is 6.03 Å². The number of aromatic nitrogens is 1. The van der Waals surface area contributed by atoms with Gasteiger partial charge in [-0.2, -0.15) is 0 Å². The van der Waals surface area contributed by atoms with Crippen molar-refractivity contribution in [2.45, 2.75) is 38.3 Å². The number of pyridine rings is 1. The fraction of sp³-hybridized carbons (Fsp3) is 0.500. The fourth-order valence-electron chi connectivity index (χ4n) is 4.16. The summed E-state index contributed by atoms with van der Waals surface area (Å²) in [5.41, 5.74) is 1.32. The minimum Gasteiger partial charge on any atom is -0.486 e. The Hall–Kier alpha value is -2.80. The minimum atomic E-state index is -0.157. The summed E-state index contributed by atoms with van der Waals surface area (Å²) in [5, 5.41) is 3.23. The van der Waals surface area contributed by atoms with E-state index in [9.17, 15) is 4.79 Å². The summed E-state index contributed by atoms with van der Waals surface area (Å²) in [4.78, 5) is 21.2. The number of likely N-dealkylation sites (tertiary alicyclic amines) is 1. The van der Waals surface area contributed by atoms with Gasteiger partial charge in [0.25, 0.3) is 0 Å². The molecule has 2 amide bonds. The number of nitrogens with one attached hydrogen (secondary N) is 1. The zero-order valence-electron chi connectivity index (χ0n) is 18.2. The zero-order valence-corrected chi connectivity index (χ0v) is 18.2. The molecule has 1 saturated heterocycles. The topological polar surface area (TPSA) is 66.9 Å². The third-order valence-electron chi connectivity index (χ3n) is 6.04. The van der Waals surface area contributed by atoms with Gasteiger partial charge in [0, 0.05) is 44.6 Å². The number of carbonyl (C=O) groups is 1. The van der Waals surface area contributed by atoms with E-state index in [1.165, 1.54) is 5.56 Å². The van der Waals surface area contributed by atoms with Crippen LogP contribution in [0.3, 0.4) is 0 Å². The van der Waals surface area contributed by atoms with Crippen molar-refractivity contribution in [3.8, 4) is 11.5 Å².